The molecule has 1 aromatic carbocycles. The lowest BCUT2D eigenvalue weighted by Gasteiger charge is -2.36. The highest BCUT2D eigenvalue weighted by molar-refractivity contribution is 5.68. The van der Waals surface area contributed by atoms with Crippen LogP contribution in [-0.2, 0) is 0 Å². The first-order valence-corrected chi connectivity index (χ1v) is 7.25. The Bertz CT molecular complexity index is 729. The topological polar surface area (TPSA) is 36.7 Å². The van der Waals surface area contributed by atoms with Crippen LogP contribution in [0.5, 0.6) is 0 Å². The predicted octanol–water partition coefficient (Wildman–Crippen LogP) is 2.06. The molecule has 0 atom stereocenters. The summed E-state index contributed by atoms with van der Waals surface area (Å²) in [7, 11) is 0. The van der Waals surface area contributed by atoms with Crippen molar-refractivity contribution >= 4 is 17.0 Å². The van der Waals surface area contributed by atoms with Gasteiger partial charge in [0.25, 0.3) is 0 Å². The molecule has 0 aliphatic carbocycles. The molecule has 5 heteroatoms. The fourth-order valence-corrected chi connectivity index (χ4v) is 2.90. The van der Waals surface area contributed by atoms with Crippen LogP contribution in [0.3, 0.4) is 0 Å². The number of piperazine rings is 1. The summed E-state index contributed by atoms with van der Waals surface area (Å²) >= 11 is 0. The van der Waals surface area contributed by atoms with E-state index >= 15 is 0 Å². The van der Waals surface area contributed by atoms with E-state index in [1.807, 2.05) is 29.2 Å². The second-order valence-electron chi connectivity index (χ2n) is 5.22. The highest BCUT2D eigenvalue weighted by atomic mass is 15.3. The molecule has 0 radical (unpaired) electrons. The molecule has 106 valence electrons. The average molecular weight is 279 g/mol. The van der Waals surface area contributed by atoms with Crippen LogP contribution in [0.25, 0.3) is 5.52 Å². The van der Waals surface area contributed by atoms with Gasteiger partial charge in [-0.2, -0.15) is 5.10 Å². The summed E-state index contributed by atoms with van der Waals surface area (Å²) in [6.07, 6.45) is 5.53. The van der Waals surface area contributed by atoms with Crippen molar-refractivity contribution in [3.63, 3.8) is 0 Å². The molecular formula is C16H17N5. The Morgan fingerprint density at radius 2 is 1.57 bits per heavy atom. The highest BCUT2D eigenvalue weighted by Crippen LogP contribution is 2.22. The van der Waals surface area contributed by atoms with Gasteiger partial charge < -0.3 is 9.80 Å². The van der Waals surface area contributed by atoms with Gasteiger partial charge in [0, 0.05) is 44.3 Å². The van der Waals surface area contributed by atoms with Crippen molar-refractivity contribution in [1.29, 1.82) is 0 Å². The number of aromatic nitrogens is 3. The van der Waals surface area contributed by atoms with Crippen LogP contribution in [-0.4, -0.2) is 40.8 Å². The number of nitrogens with zero attached hydrogens (tertiary/aromatic N) is 5. The lowest BCUT2D eigenvalue weighted by atomic mass is 10.2. The number of anilines is 2. The summed E-state index contributed by atoms with van der Waals surface area (Å²) < 4.78 is 1.88. The third-order valence-corrected chi connectivity index (χ3v) is 4.00. The second kappa shape index (κ2) is 5.09. The lowest BCUT2D eigenvalue weighted by Crippen LogP contribution is -2.47. The minimum Gasteiger partial charge on any atom is -0.368 e. The summed E-state index contributed by atoms with van der Waals surface area (Å²) in [4.78, 5) is 9.31. The largest absolute Gasteiger partial charge is 0.368 e. The Kier molecular flexibility index (Phi) is 2.96. The third-order valence-electron chi connectivity index (χ3n) is 4.00. The summed E-state index contributed by atoms with van der Waals surface area (Å²) in [5.74, 6) is 1.03. The first-order chi connectivity index (χ1) is 10.4. The number of hydrogen-bond acceptors (Lipinski definition) is 4. The van der Waals surface area contributed by atoms with E-state index in [2.05, 4.69) is 50.2 Å². The number of hydrogen-bond donors (Lipinski definition) is 0. The number of para-hydroxylation sites is 1. The molecule has 1 fully saturated rings. The Balaban J connectivity index is 1.54. The van der Waals surface area contributed by atoms with Crippen molar-refractivity contribution in [3.8, 4) is 0 Å². The summed E-state index contributed by atoms with van der Waals surface area (Å²) in [5, 5.41) is 4.28. The van der Waals surface area contributed by atoms with Crippen LogP contribution < -0.4 is 9.80 Å². The van der Waals surface area contributed by atoms with Crippen LogP contribution >= 0.6 is 0 Å². The van der Waals surface area contributed by atoms with E-state index in [9.17, 15) is 0 Å². The van der Waals surface area contributed by atoms with Gasteiger partial charge in [-0.3, -0.25) is 0 Å². The molecule has 0 unspecified atom stereocenters. The Labute approximate surface area is 123 Å². The second-order valence-corrected chi connectivity index (χ2v) is 5.22. The summed E-state index contributed by atoms with van der Waals surface area (Å²) in [6.45, 7) is 3.99. The molecule has 2 aromatic heterocycles. The van der Waals surface area contributed by atoms with Gasteiger partial charge in [0.15, 0.2) is 5.82 Å². The Morgan fingerprint density at radius 3 is 2.38 bits per heavy atom. The van der Waals surface area contributed by atoms with E-state index in [0.717, 1.165) is 37.5 Å². The fraction of sp³-hybridized carbons (Fsp3) is 0.250. The molecule has 0 saturated carbocycles. The number of benzene rings is 1. The van der Waals surface area contributed by atoms with Gasteiger partial charge in [-0.25, -0.2) is 9.50 Å². The van der Waals surface area contributed by atoms with Crippen LogP contribution in [0.1, 0.15) is 0 Å². The summed E-state index contributed by atoms with van der Waals surface area (Å²) in [6, 6.07) is 12.6. The SMILES string of the molecule is c1ccc(N2CCN(c3nccn4nccc34)CC2)cc1. The van der Waals surface area contributed by atoms with Crippen molar-refractivity contribution < 1.29 is 0 Å². The summed E-state index contributed by atoms with van der Waals surface area (Å²) in [5.41, 5.74) is 2.37. The average Bonchev–Trinajstić information content (AvgIpc) is 3.04. The van der Waals surface area contributed by atoms with E-state index in [1.54, 1.807) is 0 Å². The van der Waals surface area contributed by atoms with Crippen LogP contribution in [0, 0.1) is 0 Å². The van der Waals surface area contributed by atoms with Gasteiger partial charge in [-0.15, -0.1) is 0 Å². The monoisotopic (exact) mass is 279 g/mol. The normalized spacial score (nSPS) is 15.6. The maximum Gasteiger partial charge on any atom is 0.154 e. The first-order valence-electron chi connectivity index (χ1n) is 7.25. The van der Waals surface area contributed by atoms with E-state index in [4.69, 9.17) is 0 Å². The van der Waals surface area contributed by atoms with Gasteiger partial charge in [-0.05, 0) is 18.2 Å². The minimum absolute atomic E-state index is 0.979. The first kappa shape index (κ1) is 12.2. The molecule has 0 spiro atoms. The van der Waals surface area contributed by atoms with Crippen LogP contribution in [0.15, 0.2) is 55.0 Å². The molecule has 3 heterocycles. The van der Waals surface area contributed by atoms with Crippen molar-refractivity contribution in [2.45, 2.75) is 0 Å². The molecule has 1 aliphatic heterocycles. The fourth-order valence-electron chi connectivity index (χ4n) is 2.90. The predicted molar refractivity (Wildman–Crippen MR) is 83.9 cm³/mol. The molecule has 0 bridgehead atoms. The van der Waals surface area contributed by atoms with Gasteiger partial charge in [0.2, 0.25) is 0 Å². The van der Waals surface area contributed by atoms with Crippen LogP contribution in [0.2, 0.25) is 0 Å². The Morgan fingerprint density at radius 1 is 0.810 bits per heavy atom. The van der Waals surface area contributed by atoms with E-state index in [-0.39, 0.29) is 0 Å². The molecule has 1 saturated heterocycles. The van der Waals surface area contributed by atoms with Crippen molar-refractivity contribution in [1.82, 2.24) is 14.6 Å². The molecule has 0 N–H and O–H groups in total. The standard InChI is InChI=1S/C16H17N5/c1-2-4-14(5-3-1)19-10-12-20(13-11-19)16-15-6-7-18-21(15)9-8-17-16/h1-9H,10-13H2. The van der Waals surface area contributed by atoms with E-state index < -0.39 is 0 Å². The van der Waals surface area contributed by atoms with Crippen molar-refractivity contribution in [2.75, 3.05) is 36.0 Å². The number of fused-ring (bicyclic) bond motifs is 1. The zero-order chi connectivity index (χ0) is 14.1. The molecule has 0 amide bonds. The Hall–Kier alpha value is -2.56. The maximum atomic E-state index is 4.55. The van der Waals surface area contributed by atoms with Gasteiger partial charge in [0.05, 0.1) is 6.20 Å². The lowest BCUT2D eigenvalue weighted by molar-refractivity contribution is 0.647. The van der Waals surface area contributed by atoms with Crippen molar-refractivity contribution in [2.24, 2.45) is 0 Å². The molecule has 5 nitrogen and oxygen atoms in total. The van der Waals surface area contributed by atoms with Crippen molar-refractivity contribution in [3.05, 3.63) is 55.0 Å². The smallest absolute Gasteiger partial charge is 0.154 e. The quantitative estimate of drug-likeness (QED) is 0.719. The van der Waals surface area contributed by atoms with Gasteiger partial charge in [0.1, 0.15) is 5.52 Å². The van der Waals surface area contributed by atoms with E-state index in [1.165, 1.54) is 5.69 Å². The minimum atomic E-state index is 0.979. The molecular weight excluding hydrogens is 262 g/mol. The van der Waals surface area contributed by atoms with Crippen LogP contribution in [0.4, 0.5) is 11.5 Å². The zero-order valence-electron chi connectivity index (χ0n) is 11.8. The molecule has 1 aliphatic rings. The number of rotatable bonds is 2. The van der Waals surface area contributed by atoms with E-state index in [0.29, 0.717) is 0 Å². The third kappa shape index (κ3) is 2.20. The molecule has 21 heavy (non-hydrogen) atoms. The maximum absolute atomic E-state index is 4.55. The molecule has 3 aromatic rings. The zero-order valence-corrected chi connectivity index (χ0v) is 11.8. The molecule has 4 rings (SSSR count). The highest BCUT2D eigenvalue weighted by Gasteiger charge is 2.20. The van der Waals surface area contributed by atoms with Gasteiger partial charge >= 0.3 is 0 Å². The van der Waals surface area contributed by atoms with Gasteiger partial charge in [-0.1, -0.05) is 18.2 Å².